The summed E-state index contributed by atoms with van der Waals surface area (Å²) in [6.45, 7) is 1.92. The van der Waals surface area contributed by atoms with Gasteiger partial charge in [-0.05, 0) is 77.5 Å². The topological polar surface area (TPSA) is 29.1 Å². The highest BCUT2D eigenvalue weighted by Crippen LogP contribution is 2.18. The second-order valence-electron chi connectivity index (χ2n) is 3.92. The molecule has 0 bridgehead atoms. The highest BCUT2D eigenvalue weighted by atomic mass is 127. The molecule has 0 atom stereocenters. The summed E-state index contributed by atoms with van der Waals surface area (Å²) >= 11 is 5.62. The average Bonchev–Trinajstić information content (AvgIpc) is 2.32. The van der Waals surface area contributed by atoms with Crippen molar-refractivity contribution in [3.05, 3.63) is 61.6 Å². The number of halogens is 2. The minimum atomic E-state index is -0.0822. The molecule has 1 N–H and O–H groups in total. The van der Waals surface area contributed by atoms with Crippen LogP contribution in [0.2, 0.25) is 0 Å². The maximum Gasteiger partial charge on any atom is 0.255 e. The van der Waals surface area contributed by atoms with Crippen LogP contribution in [-0.4, -0.2) is 5.91 Å². The van der Waals surface area contributed by atoms with Crippen LogP contribution >= 0.6 is 38.5 Å². The number of carbonyl (C=O) groups is 1. The molecule has 2 rings (SSSR count). The zero-order valence-corrected chi connectivity index (χ0v) is 13.4. The van der Waals surface area contributed by atoms with Gasteiger partial charge in [-0.2, -0.15) is 0 Å². The van der Waals surface area contributed by atoms with Crippen molar-refractivity contribution in [2.24, 2.45) is 0 Å². The van der Waals surface area contributed by atoms with Crippen molar-refractivity contribution < 1.29 is 4.79 Å². The SMILES string of the molecule is Cc1cc(Br)ccc1C(=O)Nc1ccc(I)cc1. The summed E-state index contributed by atoms with van der Waals surface area (Å²) in [6, 6.07) is 13.3. The quantitative estimate of drug-likeness (QED) is 0.712. The van der Waals surface area contributed by atoms with Gasteiger partial charge in [0.15, 0.2) is 0 Å². The Balaban J connectivity index is 2.19. The molecule has 92 valence electrons. The van der Waals surface area contributed by atoms with Gasteiger partial charge in [-0.3, -0.25) is 4.79 Å². The summed E-state index contributed by atoms with van der Waals surface area (Å²) in [5.74, 6) is -0.0822. The molecule has 0 spiro atoms. The van der Waals surface area contributed by atoms with Gasteiger partial charge in [0.1, 0.15) is 0 Å². The summed E-state index contributed by atoms with van der Waals surface area (Å²) in [6.07, 6.45) is 0. The van der Waals surface area contributed by atoms with Crippen LogP contribution in [0, 0.1) is 10.5 Å². The highest BCUT2D eigenvalue weighted by Gasteiger charge is 2.09. The molecule has 1 amide bonds. The zero-order chi connectivity index (χ0) is 13.1. The van der Waals surface area contributed by atoms with E-state index in [0.29, 0.717) is 5.56 Å². The van der Waals surface area contributed by atoms with Gasteiger partial charge >= 0.3 is 0 Å². The van der Waals surface area contributed by atoms with Gasteiger partial charge in [0.2, 0.25) is 0 Å². The monoisotopic (exact) mass is 415 g/mol. The molecule has 0 fully saturated rings. The minimum Gasteiger partial charge on any atom is -0.322 e. The van der Waals surface area contributed by atoms with E-state index in [1.165, 1.54) is 0 Å². The standard InChI is InChI=1S/C14H11BrINO/c1-9-8-10(15)2-7-13(9)14(18)17-12-5-3-11(16)4-6-12/h2-8H,1H3,(H,17,18). The van der Waals surface area contributed by atoms with Crippen LogP contribution in [0.3, 0.4) is 0 Å². The summed E-state index contributed by atoms with van der Waals surface area (Å²) < 4.78 is 2.12. The smallest absolute Gasteiger partial charge is 0.255 e. The molecular weight excluding hydrogens is 405 g/mol. The predicted molar refractivity (Wildman–Crippen MR) is 86.0 cm³/mol. The fourth-order valence-electron chi connectivity index (χ4n) is 1.61. The Morgan fingerprint density at radius 2 is 1.83 bits per heavy atom. The van der Waals surface area contributed by atoms with Gasteiger partial charge in [-0.25, -0.2) is 0 Å². The number of anilines is 1. The molecule has 2 nitrogen and oxygen atoms in total. The lowest BCUT2D eigenvalue weighted by Crippen LogP contribution is -2.13. The molecule has 2 aromatic rings. The molecule has 0 heterocycles. The highest BCUT2D eigenvalue weighted by molar-refractivity contribution is 14.1. The fraction of sp³-hybridized carbons (Fsp3) is 0.0714. The normalized spacial score (nSPS) is 10.2. The van der Waals surface area contributed by atoms with Gasteiger partial charge in [-0.15, -0.1) is 0 Å². The molecule has 0 aliphatic heterocycles. The number of hydrogen-bond acceptors (Lipinski definition) is 1. The van der Waals surface area contributed by atoms with Crippen molar-refractivity contribution in [2.75, 3.05) is 5.32 Å². The van der Waals surface area contributed by atoms with Crippen LogP contribution in [0.25, 0.3) is 0 Å². The van der Waals surface area contributed by atoms with Crippen LogP contribution < -0.4 is 5.32 Å². The van der Waals surface area contributed by atoms with Crippen molar-refractivity contribution in [1.82, 2.24) is 0 Å². The molecule has 0 aliphatic rings. The Morgan fingerprint density at radius 3 is 2.44 bits per heavy atom. The van der Waals surface area contributed by atoms with Crippen molar-refractivity contribution >= 4 is 50.1 Å². The number of hydrogen-bond donors (Lipinski definition) is 1. The molecule has 0 unspecified atom stereocenters. The maximum atomic E-state index is 12.1. The molecule has 0 aliphatic carbocycles. The first-order valence-corrected chi connectivity index (χ1v) is 7.26. The second kappa shape index (κ2) is 5.84. The van der Waals surface area contributed by atoms with Gasteiger partial charge in [0.25, 0.3) is 5.91 Å². The lowest BCUT2D eigenvalue weighted by molar-refractivity contribution is 0.102. The van der Waals surface area contributed by atoms with Gasteiger partial charge in [0, 0.05) is 19.3 Å². The van der Waals surface area contributed by atoms with Crippen LogP contribution in [0.4, 0.5) is 5.69 Å². The first-order valence-electron chi connectivity index (χ1n) is 5.39. The third-order valence-corrected chi connectivity index (χ3v) is 3.75. The van der Waals surface area contributed by atoms with Crippen molar-refractivity contribution in [2.45, 2.75) is 6.92 Å². The van der Waals surface area contributed by atoms with E-state index in [4.69, 9.17) is 0 Å². The molecule has 4 heteroatoms. The Bertz CT molecular complexity index is 581. The first-order chi connectivity index (χ1) is 8.56. The van der Waals surface area contributed by atoms with E-state index in [2.05, 4.69) is 43.8 Å². The third-order valence-electron chi connectivity index (χ3n) is 2.54. The largest absolute Gasteiger partial charge is 0.322 e. The first kappa shape index (κ1) is 13.5. The number of amides is 1. The van der Waals surface area contributed by atoms with Crippen molar-refractivity contribution in [3.8, 4) is 0 Å². The number of carbonyl (C=O) groups excluding carboxylic acids is 1. The molecule has 0 saturated heterocycles. The summed E-state index contributed by atoms with van der Waals surface area (Å²) in [5, 5.41) is 2.89. The Kier molecular flexibility index (Phi) is 4.40. The maximum absolute atomic E-state index is 12.1. The number of rotatable bonds is 2. The van der Waals surface area contributed by atoms with Crippen LogP contribution in [-0.2, 0) is 0 Å². The van der Waals surface area contributed by atoms with E-state index in [1.54, 1.807) is 0 Å². The fourth-order valence-corrected chi connectivity index (χ4v) is 2.45. The lowest BCUT2D eigenvalue weighted by atomic mass is 10.1. The number of nitrogens with one attached hydrogen (secondary N) is 1. The van der Waals surface area contributed by atoms with E-state index < -0.39 is 0 Å². The Labute approximate surface area is 128 Å². The van der Waals surface area contributed by atoms with E-state index in [0.717, 1.165) is 19.3 Å². The second-order valence-corrected chi connectivity index (χ2v) is 6.08. The summed E-state index contributed by atoms with van der Waals surface area (Å²) in [5.41, 5.74) is 2.45. The predicted octanol–water partition coefficient (Wildman–Crippen LogP) is 4.61. The molecule has 18 heavy (non-hydrogen) atoms. The van der Waals surface area contributed by atoms with Gasteiger partial charge < -0.3 is 5.32 Å². The van der Waals surface area contributed by atoms with E-state index in [-0.39, 0.29) is 5.91 Å². The van der Waals surface area contributed by atoms with Crippen LogP contribution in [0.15, 0.2) is 46.9 Å². The van der Waals surface area contributed by atoms with E-state index >= 15 is 0 Å². The molecule has 0 saturated carbocycles. The molecule has 0 aromatic heterocycles. The number of benzene rings is 2. The third kappa shape index (κ3) is 3.32. The Morgan fingerprint density at radius 1 is 1.17 bits per heavy atom. The molecule has 2 aromatic carbocycles. The summed E-state index contributed by atoms with van der Waals surface area (Å²) in [4.78, 5) is 12.1. The molecule has 0 radical (unpaired) electrons. The van der Waals surface area contributed by atoms with Crippen molar-refractivity contribution in [1.29, 1.82) is 0 Å². The van der Waals surface area contributed by atoms with Gasteiger partial charge in [0.05, 0.1) is 0 Å². The summed E-state index contributed by atoms with van der Waals surface area (Å²) in [7, 11) is 0. The van der Waals surface area contributed by atoms with Crippen LogP contribution in [0.5, 0.6) is 0 Å². The van der Waals surface area contributed by atoms with E-state index in [1.807, 2.05) is 49.4 Å². The van der Waals surface area contributed by atoms with Crippen LogP contribution in [0.1, 0.15) is 15.9 Å². The number of aryl methyl sites for hydroxylation is 1. The Hall–Kier alpha value is -0.880. The average molecular weight is 416 g/mol. The molecular formula is C14H11BrINO. The van der Waals surface area contributed by atoms with Crippen molar-refractivity contribution in [3.63, 3.8) is 0 Å². The zero-order valence-electron chi connectivity index (χ0n) is 9.71. The van der Waals surface area contributed by atoms with E-state index in [9.17, 15) is 4.79 Å². The van der Waals surface area contributed by atoms with Gasteiger partial charge in [-0.1, -0.05) is 15.9 Å². The minimum absolute atomic E-state index is 0.0822. The lowest BCUT2D eigenvalue weighted by Gasteiger charge is -2.08.